The number of halogens is 2. The van der Waals surface area contributed by atoms with Gasteiger partial charge < -0.3 is 20.1 Å². The third-order valence-corrected chi connectivity index (χ3v) is 3.33. The molecule has 2 aromatic rings. The van der Waals surface area contributed by atoms with Gasteiger partial charge in [0.15, 0.2) is 11.5 Å². The highest BCUT2D eigenvalue weighted by Gasteiger charge is 2.13. The van der Waals surface area contributed by atoms with Crippen LogP contribution >= 0.6 is 0 Å². The molecular formula is C18H15F2N3O3. The molecule has 0 aliphatic rings. The number of benzene rings is 2. The van der Waals surface area contributed by atoms with Crippen molar-refractivity contribution in [2.24, 2.45) is 0 Å². The molecule has 6 nitrogen and oxygen atoms in total. The molecule has 2 rings (SSSR count). The highest BCUT2D eigenvalue weighted by Crippen LogP contribution is 2.29. The van der Waals surface area contributed by atoms with Crippen LogP contribution in [0, 0.1) is 23.0 Å². The first kappa shape index (κ1) is 18.7. The van der Waals surface area contributed by atoms with E-state index in [-0.39, 0.29) is 5.57 Å². The van der Waals surface area contributed by atoms with E-state index < -0.39 is 23.2 Å². The quantitative estimate of drug-likeness (QED) is 0.610. The maximum absolute atomic E-state index is 13.6. The number of rotatable bonds is 6. The van der Waals surface area contributed by atoms with Crippen molar-refractivity contribution in [3.05, 3.63) is 59.8 Å². The molecular weight excluding hydrogens is 344 g/mol. The Bertz CT molecular complexity index is 871. The predicted molar refractivity (Wildman–Crippen MR) is 91.9 cm³/mol. The van der Waals surface area contributed by atoms with Crippen molar-refractivity contribution < 1.29 is 23.0 Å². The standard InChI is InChI=1S/C18H15F2N3O3/c1-25-15-7-6-12(8-16(15)26-2)23-18(24)11(9-21)10-22-17-13(19)4-3-5-14(17)20/h3-8,10,22H,1-2H3,(H,23,24)/b11-10-. The SMILES string of the molecule is COc1ccc(NC(=O)/C(C#N)=C\Nc2c(F)cccc2F)cc1OC. The van der Waals surface area contributed by atoms with E-state index >= 15 is 0 Å². The third kappa shape index (κ3) is 4.27. The topological polar surface area (TPSA) is 83.4 Å². The van der Waals surface area contributed by atoms with Gasteiger partial charge in [0.2, 0.25) is 0 Å². The van der Waals surface area contributed by atoms with Crippen LogP contribution in [-0.4, -0.2) is 20.1 Å². The molecule has 0 spiro atoms. The molecule has 1 amide bonds. The van der Waals surface area contributed by atoms with E-state index in [1.54, 1.807) is 18.2 Å². The zero-order chi connectivity index (χ0) is 19.1. The number of para-hydroxylation sites is 1. The molecule has 0 saturated carbocycles. The van der Waals surface area contributed by atoms with Crippen LogP contribution in [0.2, 0.25) is 0 Å². The van der Waals surface area contributed by atoms with E-state index in [9.17, 15) is 13.6 Å². The highest BCUT2D eigenvalue weighted by molar-refractivity contribution is 6.06. The number of amides is 1. The van der Waals surface area contributed by atoms with Crippen molar-refractivity contribution in [1.29, 1.82) is 5.26 Å². The van der Waals surface area contributed by atoms with Crippen LogP contribution in [0.15, 0.2) is 48.2 Å². The smallest absolute Gasteiger partial charge is 0.267 e. The van der Waals surface area contributed by atoms with Crippen LogP contribution in [0.3, 0.4) is 0 Å². The van der Waals surface area contributed by atoms with E-state index in [4.69, 9.17) is 14.7 Å². The van der Waals surface area contributed by atoms with Gasteiger partial charge in [-0.05, 0) is 24.3 Å². The van der Waals surface area contributed by atoms with Crippen molar-refractivity contribution in [1.82, 2.24) is 0 Å². The molecule has 0 aliphatic carbocycles. The van der Waals surface area contributed by atoms with Crippen LogP contribution in [0.25, 0.3) is 0 Å². The number of ether oxygens (including phenoxy) is 2. The first-order chi connectivity index (χ1) is 12.5. The van der Waals surface area contributed by atoms with Crippen LogP contribution in [-0.2, 0) is 4.79 Å². The lowest BCUT2D eigenvalue weighted by molar-refractivity contribution is -0.112. The summed E-state index contributed by atoms with van der Waals surface area (Å²) in [6.45, 7) is 0. The van der Waals surface area contributed by atoms with E-state index in [1.165, 1.54) is 26.4 Å². The monoisotopic (exact) mass is 359 g/mol. The Morgan fingerprint density at radius 2 is 1.77 bits per heavy atom. The average molecular weight is 359 g/mol. The van der Waals surface area contributed by atoms with E-state index in [1.807, 2.05) is 0 Å². The van der Waals surface area contributed by atoms with E-state index in [0.29, 0.717) is 17.2 Å². The van der Waals surface area contributed by atoms with Crippen LogP contribution in [0.4, 0.5) is 20.2 Å². The molecule has 134 valence electrons. The van der Waals surface area contributed by atoms with Crippen molar-refractivity contribution >= 4 is 17.3 Å². The fourth-order valence-electron chi connectivity index (χ4n) is 2.04. The van der Waals surface area contributed by atoms with Crippen LogP contribution in [0.1, 0.15) is 0 Å². The van der Waals surface area contributed by atoms with Crippen molar-refractivity contribution in [2.45, 2.75) is 0 Å². The number of nitrogens with one attached hydrogen (secondary N) is 2. The number of carbonyl (C=O) groups excluding carboxylic acids is 1. The van der Waals surface area contributed by atoms with Gasteiger partial charge in [0, 0.05) is 18.0 Å². The molecule has 0 fully saturated rings. The number of anilines is 2. The second kappa shape index (κ2) is 8.48. The summed E-state index contributed by atoms with van der Waals surface area (Å²) in [5.74, 6) is -1.60. The number of nitriles is 1. The van der Waals surface area contributed by atoms with Crippen molar-refractivity contribution in [3.63, 3.8) is 0 Å². The minimum Gasteiger partial charge on any atom is -0.493 e. The number of nitrogens with zero attached hydrogens (tertiary/aromatic N) is 1. The summed E-state index contributed by atoms with van der Waals surface area (Å²) in [6.07, 6.45) is 0.928. The molecule has 26 heavy (non-hydrogen) atoms. The normalized spacial score (nSPS) is 10.7. The Balaban J connectivity index is 2.17. The molecule has 0 atom stereocenters. The van der Waals surface area contributed by atoms with Gasteiger partial charge in [-0.25, -0.2) is 8.78 Å². The average Bonchev–Trinajstić information content (AvgIpc) is 2.64. The van der Waals surface area contributed by atoms with Crippen molar-refractivity contribution in [2.75, 3.05) is 24.9 Å². The molecule has 8 heteroatoms. The second-order valence-corrected chi connectivity index (χ2v) is 4.93. The zero-order valence-electron chi connectivity index (χ0n) is 14.0. The number of methoxy groups -OCH3 is 2. The number of hydrogen-bond donors (Lipinski definition) is 2. The summed E-state index contributed by atoms with van der Waals surface area (Å²) in [5, 5.41) is 13.9. The molecule has 2 N–H and O–H groups in total. The largest absolute Gasteiger partial charge is 0.493 e. The Hall–Kier alpha value is -3.60. The van der Waals surface area contributed by atoms with Crippen LogP contribution < -0.4 is 20.1 Å². The lowest BCUT2D eigenvalue weighted by atomic mass is 10.2. The lowest BCUT2D eigenvalue weighted by Crippen LogP contribution is -2.15. The minimum absolute atomic E-state index is 0.353. The van der Waals surface area contributed by atoms with Gasteiger partial charge in [0.25, 0.3) is 5.91 Å². The number of carbonyl (C=O) groups is 1. The Morgan fingerprint density at radius 3 is 2.35 bits per heavy atom. The summed E-state index contributed by atoms with van der Waals surface area (Å²) in [6, 6.07) is 9.62. The van der Waals surface area contributed by atoms with Crippen molar-refractivity contribution in [3.8, 4) is 17.6 Å². The summed E-state index contributed by atoms with van der Waals surface area (Å²) in [5.41, 5.74) is -0.479. The molecule has 0 radical (unpaired) electrons. The predicted octanol–water partition coefficient (Wildman–Crippen LogP) is 3.44. The molecule has 0 unspecified atom stereocenters. The molecule has 0 heterocycles. The van der Waals surface area contributed by atoms with Gasteiger partial charge in [0.1, 0.15) is 29.0 Å². The fourth-order valence-corrected chi connectivity index (χ4v) is 2.04. The summed E-state index contributed by atoms with van der Waals surface area (Å²) in [4.78, 5) is 12.2. The lowest BCUT2D eigenvalue weighted by Gasteiger charge is -2.10. The van der Waals surface area contributed by atoms with Gasteiger partial charge in [-0.15, -0.1) is 0 Å². The zero-order valence-corrected chi connectivity index (χ0v) is 14.0. The molecule has 0 aromatic heterocycles. The van der Waals surface area contributed by atoms with E-state index in [2.05, 4.69) is 10.6 Å². The van der Waals surface area contributed by atoms with Gasteiger partial charge in [-0.1, -0.05) is 6.07 Å². The Labute approximate surface area is 148 Å². The maximum Gasteiger partial charge on any atom is 0.267 e. The van der Waals surface area contributed by atoms with Gasteiger partial charge in [-0.3, -0.25) is 4.79 Å². The van der Waals surface area contributed by atoms with Crippen LogP contribution in [0.5, 0.6) is 11.5 Å². The molecule has 0 aliphatic heterocycles. The van der Waals surface area contributed by atoms with Gasteiger partial charge >= 0.3 is 0 Å². The molecule has 0 bridgehead atoms. The van der Waals surface area contributed by atoms with Gasteiger partial charge in [0.05, 0.1) is 14.2 Å². The molecule has 2 aromatic carbocycles. The van der Waals surface area contributed by atoms with E-state index in [0.717, 1.165) is 18.3 Å². The minimum atomic E-state index is -0.848. The summed E-state index contributed by atoms with van der Waals surface area (Å²) in [7, 11) is 2.91. The summed E-state index contributed by atoms with van der Waals surface area (Å²) >= 11 is 0. The Morgan fingerprint density at radius 1 is 1.12 bits per heavy atom. The first-order valence-corrected chi connectivity index (χ1v) is 7.34. The molecule has 0 saturated heterocycles. The maximum atomic E-state index is 13.6. The Kier molecular flexibility index (Phi) is 6.11. The third-order valence-electron chi connectivity index (χ3n) is 3.33. The fraction of sp³-hybridized carbons (Fsp3) is 0.111. The highest BCUT2D eigenvalue weighted by atomic mass is 19.1. The van der Waals surface area contributed by atoms with Gasteiger partial charge in [-0.2, -0.15) is 5.26 Å². The number of hydrogen-bond acceptors (Lipinski definition) is 5. The summed E-state index contributed by atoms with van der Waals surface area (Å²) < 4.78 is 37.4. The second-order valence-electron chi connectivity index (χ2n) is 4.93. The first-order valence-electron chi connectivity index (χ1n) is 7.34.